The van der Waals surface area contributed by atoms with Crippen molar-refractivity contribution >= 4 is 16.9 Å². The second-order valence-corrected chi connectivity index (χ2v) is 5.63. The molecule has 1 nitrogen and oxygen atoms in total. The van der Waals surface area contributed by atoms with Gasteiger partial charge in [0.25, 0.3) is 0 Å². The van der Waals surface area contributed by atoms with E-state index in [0.29, 0.717) is 0 Å². The summed E-state index contributed by atoms with van der Waals surface area (Å²) in [5, 5.41) is 0. The lowest BCUT2D eigenvalue weighted by Gasteiger charge is -2.15. The van der Waals surface area contributed by atoms with Crippen LogP contribution in [0, 0.1) is 0 Å². The Labute approximate surface area is 143 Å². The summed E-state index contributed by atoms with van der Waals surface area (Å²) in [7, 11) is 0. The van der Waals surface area contributed by atoms with Crippen LogP contribution in [0.2, 0.25) is 0 Å². The fraction of sp³-hybridized carbons (Fsp3) is 0.0870. The van der Waals surface area contributed by atoms with Crippen LogP contribution in [-0.2, 0) is 0 Å². The van der Waals surface area contributed by atoms with Crippen LogP contribution >= 0.6 is 0 Å². The summed E-state index contributed by atoms with van der Waals surface area (Å²) in [4.78, 5) is 13.3. The van der Waals surface area contributed by atoms with Crippen LogP contribution in [0.4, 0.5) is 0 Å². The molecule has 0 aromatic heterocycles. The predicted molar refractivity (Wildman–Crippen MR) is 101 cm³/mol. The molecule has 0 saturated carbocycles. The van der Waals surface area contributed by atoms with Gasteiger partial charge in [0.1, 0.15) is 0 Å². The van der Waals surface area contributed by atoms with Gasteiger partial charge in [-0.05, 0) is 23.1 Å². The molecule has 0 aliphatic carbocycles. The number of Topliss-reactive ketones (excluding diaryl/α,β-unsaturated/α-hetero) is 1. The molecule has 24 heavy (non-hydrogen) atoms. The van der Waals surface area contributed by atoms with E-state index in [-0.39, 0.29) is 5.78 Å². The van der Waals surface area contributed by atoms with Gasteiger partial charge in [0.15, 0.2) is 5.78 Å². The highest BCUT2D eigenvalue weighted by Crippen LogP contribution is 2.31. The molecule has 0 radical (unpaired) electrons. The van der Waals surface area contributed by atoms with E-state index in [9.17, 15) is 4.79 Å². The lowest BCUT2D eigenvalue weighted by molar-refractivity contribution is 0.105. The molecule has 0 saturated heterocycles. The highest BCUT2D eigenvalue weighted by molar-refractivity contribution is 6.34. The molecule has 118 valence electrons. The Kier molecular flexibility index (Phi) is 5.02. The van der Waals surface area contributed by atoms with Gasteiger partial charge in [0.2, 0.25) is 0 Å². The number of carbonyl (C=O) groups is 1. The summed E-state index contributed by atoms with van der Waals surface area (Å²) in [6, 6.07) is 29.6. The van der Waals surface area contributed by atoms with Crippen LogP contribution in [0.3, 0.4) is 0 Å². The van der Waals surface area contributed by atoms with Crippen molar-refractivity contribution in [2.24, 2.45) is 0 Å². The second-order valence-electron chi connectivity index (χ2n) is 5.63. The molecule has 0 spiro atoms. The second kappa shape index (κ2) is 7.56. The lowest BCUT2D eigenvalue weighted by atomic mass is 9.88. The number of ketones is 1. The van der Waals surface area contributed by atoms with E-state index in [1.807, 2.05) is 78.9 Å². The quantitative estimate of drug-likeness (QED) is 0.326. The maximum absolute atomic E-state index is 13.3. The molecule has 0 aliphatic heterocycles. The van der Waals surface area contributed by atoms with E-state index in [1.165, 1.54) is 0 Å². The summed E-state index contributed by atoms with van der Waals surface area (Å²) in [5.41, 5.74) is 4.65. The van der Waals surface area contributed by atoms with Crippen LogP contribution < -0.4 is 0 Å². The van der Waals surface area contributed by atoms with E-state index >= 15 is 0 Å². The highest BCUT2D eigenvalue weighted by atomic mass is 16.1. The molecule has 3 rings (SSSR count). The zero-order valence-electron chi connectivity index (χ0n) is 13.8. The summed E-state index contributed by atoms with van der Waals surface area (Å²) in [6.07, 6.45) is 0.798. The molecule has 1 heteroatoms. The molecule has 3 aromatic rings. The molecule has 0 amide bonds. The van der Waals surface area contributed by atoms with Crippen LogP contribution in [-0.4, -0.2) is 5.78 Å². The van der Waals surface area contributed by atoms with Crippen molar-refractivity contribution in [3.05, 3.63) is 108 Å². The third-order valence-corrected chi connectivity index (χ3v) is 4.10. The molecule has 3 aromatic carbocycles. The number of allylic oxidation sites excluding steroid dienone is 2. The lowest BCUT2D eigenvalue weighted by Crippen LogP contribution is -2.06. The fourth-order valence-corrected chi connectivity index (χ4v) is 2.95. The van der Waals surface area contributed by atoms with Crippen LogP contribution in [0.15, 0.2) is 91.0 Å². The smallest absolute Gasteiger partial charge is 0.193 e. The van der Waals surface area contributed by atoms with Gasteiger partial charge in [0.05, 0.1) is 0 Å². The molecule has 0 N–H and O–H groups in total. The number of carbonyl (C=O) groups excluding carboxylic acids is 1. The summed E-state index contributed by atoms with van der Waals surface area (Å²) >= 11 is 0. The SMILES string of the molecule is CC/C(=C(/C(=O)c1ccccc1)c1ccccc1)c1ccccc1. The van der Waals surface area contributed by atoms with E-state index in [0.717, 1.165) is 34.3 Å². The molecule has 0 bridgehead atoms. The van der Waals surface area contributed by atoms with Crippen molar-refractivity contribution in [2.45, 2.75) is 13.3 Å². The van der Waals surface area contributed by atoms with Gasteiger partial charge in [-0.25, -0.2) is 0 Å². The van der Waals surface area contributed by atoms with Gasteiger partial charge in [-0.15, -0.1) is 0 Å². The topological polar surface area (TPSA) is 17.1 Å². The third kappa shape index (κ3) is 3.36. The standard InChI is InChI=1S/C23H20O/c1-2-21(18-12-6-3-7-13-18)22(19-14-8-4-9-15-19)23(24)20-16-10-5-11-17-20/h3-17H,2H2,1H3/b22-21-. The minimum Gasteiger partial charge on any atom is -0.289 e. The minimum absolute atomic E-state index is 0.0718. The molecule has 0 aliphatic rings. The Morgan fingerprint density at radius 3 is 1.50 bits per heavy atom. The maximum atomic E-state index is 13.3. The molecule has 0 unspecified atom stereocenters. The number of rotatable bonds is 5. The van der Waals surface area contributed by atoms with E-state index in [2.05, 4.69) is 19.1 Å². The summed E-state index contributed by atoms with van der Waals surface area (Å²) in [6.45, 7) is 2.10. The molecule has 0 fully saturated rings. The van der Waals surface area contributed by atoms with Gasteiger partial charge in [-0.3, -0.25) is 4.79 Å². The molecule has 0 heterocycles. The predicted octanol–water partition coefficient (Wildman–Crippen LogP) is 5.89. The Morgan fingerprint density at radius 1 is 0.625 bits per heavy atom. The molecular weight excluding hydrogens is 292 g/mol. The first-order chi connectivity index (χ1) is 11.8. The van der Waals surface area contributed by atoms with Crippen LogP contribution in [0.5, 0.6) is 0 Å². The highest BCUT2D eigenvalue weighted by Gasteiger charge is 2.19. The van der Waals surface area contributed by atoms with Crippen molar-refractivity contribution in [2.75, 3.05) is 0 Å². The Morgan fingerprint density at radius 2 is 1.04 bits per heavy atom. The summed E-state index contributed by atoms with van der Waals surface area (Å²) < 4.78 is 0. The van der Waals surface area contributed by atoms with E-state index in [4.69, 9.17) is 0 Å². The average molecular weight is 312 g/mol. The van der Waals surface area contributed by atoms with Crippen LogP contribution in [0.25, 0.3) is 11.1 Å². The maximum Gasteiger partial charge on any atom is 0.193 e. The van der Waals surface area contributed by atoms with Crippen molar-refractivity contribution in [3.63, 3.8) is 0 Å². The largest absolute Gasteiger partial charge is 0.289 e. The molecule has 0 atom stereocenters. The monoisotopic (exact) mass is 312 g/mol. The number of benzene rings is 3. The van der Waals surface area contributed by atoms with Gasteiger partial charge >= 0.3 is 0 Å². The van der Waals surface area contributed by atoms with E-state index in [1.54, 1.807) is 0 Å². The zero-order chi connectivity index (χ0) is 16.8. The van der Waals surface area contributed by atoms with Gasteiger partial charge in [0, 0.05) is 11.1 Å². The molecular formula is C23H20O. The van der Waals surface area contributed by atoms with Gasteiger partial charge < -0.3 is 0 Å². The van der Waals surface area contributed by atoms with Crippen molar-refractivity contribution in [1.29, 1.82) is 0 Å². The average Bonchev–Trinajstić information content (AvgIpc) is 2.67. The first kappa shape index (κ1) is 15.9. The van der Waals surface area contributed by atoms with Crippen molar-refractivity contribution in [3.8, 4) is 0 Å². The van der Waals surface area contributed by atoms with Gasteiger partial charge in [-0.1, -0.05) is 97.9 Å². The Balaban J connectivity index is 2.22. The van der Waals surface area contributed by atoms with Gasteiger partial charge in [-0.2, -0.15) is 0 Å². The first-order valence-corrected chi connectivity index (χ1v) is 8.25. The third-order valence-electron chi connectivity index (χ3n) is 4.10. The number of hydrogen-bond donors (Lipinski definition) is 0. The number of hydrogen-bond acceptors (Lipinski definition) is 1. The van der Waals surface area contributed by atoms with Crippen molar-refractivity contribution < 1.29 is 4.79 Å². The van der Waals surface area contributed by atoms with E-state index < -0.39 is 0 Å². The Hall–Kier alpha value is -2.93. The normalized spacial score (nSPS) is 11.7. The Bertz CT molecular complexity index is 831. The summed E-state index contributed by atoms with van der Waals surface area (Å²) in [5.74, 6) is 0.0718. The minimum atomic E-state index is 0.0718. The van der Waals surface area contributed by atoms with Crippen LogP contribution in [0.1, 0.15) is 34.8 Å². The van der Waals surface area contributed by atoms with Crippen molar-refractivity contribution in [1.82, 2.24) is 0 Å². The fourth-order valence-electron chi connectivity index (χ4n) is 2.95. The first-order valence-electron chi connectivity index (χ1n) is 8.25. The zero-order valence-corrected chi connectivity index (χ0v) is 13.8.